The number of nitrogens with zero attached hydrogens (tertiary/aromatic N) is 3. The van der Waals surface area contributed by atoms with Crippen LogP contribution in [-0.4, -0.2) is 32.9 Å². The van der Waals surface area contributed by atoms with Gasteiger partial charge in [0.15, 0.2) is 10.8 Å². The molecule has 0 aliphatic carbocycles. The van der Waals surface area contributed by atoms with Gasteiger partial charge in [0.2, 0.25) is 5.91 Å². The third-order valence-electron chi connectivity index (χ3n) is 4.03. The van der Waals surface area contributed by atoms with E-state index in [4.69, 9.17) is 16.3 Å². The van der Waals surface area contributed by atoms with Crippen LogP contribution in [0.2, 0.25) is 5.02 Å². The highest BCUT2D eigenvalue weighted by Gasteiger charge is 2.32. The molecule has 2 heterocycles. The highest BCUT2D eigenvalue weighted by Crippen LogP contribution is 2.33. The summed E-state index contributed by atoms with van der Waals surface area (Å²) in [6.07, 6.45) is -3.70. The number of rotatable bonds is 6. The van der Waals surface area contributed by atoms with Gasteiger partial charge in [0.1, 0.15) is 5.75 Å². The summed E-state index contributed by atoms with van der Waals surface area (Å²) in [6.45, 7) is 1.93. The average molecular weight is 445 g/mol. The number of aromatic nitrogens is 3. The van der Waals surface area contributed by atoms with E-state index in [1.54, 1.807) is 26.2 Å². The van der Waals surface area contributed by atoms with Crippen LogP contribution >= 0.6 is 23.4 Å². The number of ether oxygens (including phenoxy) is 1. The Morgan fingerprint density at radius 2 is 2.00 bits per heavy atom. The van der Waals surface area contributed by atoms with Crippen LogP contribution in [0.15, 0.2) is 41.7 Å². The van der Waals surface area contributed by atoms with Gasteiger partial charge in [0.25, 0.3) is 0 Å². The van der Waals surface area contributed by atoms with Crippen LogP contribution < -0.4 is 10.1 Å². The molecule has 1 atom stereocenters. The van der Waals surface area contributed by atoms with Crippen molar-refractivity contribution < 1.29 is 22.7 Å². The molecule has 1 amide bonds. The van der Waals surface area contributed by atoms with E-state index in [1.165, 1.54) is 0 Å². The molecule has 6 nitrogen and oxygen atoms in total. The van der Waals surface area contributed by atoms with E-state index in [2.05, 4.69) is 15.5 Å². The Hall–Kier alpha value is -2.46. The van der Waals surface area contributed by atoms with Gasteiger partial charge in [-0.25, -0.2) is 0 Å². The predicted molar refractivity (Wildman–Crippen MR) is 103 cm³/mol. The molecule has 2 aromatic heterocycles. The van der Waals surface area contributed by atoms with Gasteiger partial charge < -0.3 is 10.1 Å². The summed E-state index contributed by atoms with van der Waals surface area (Å²) in [5.74, 6) is 0.417. The maximum Gasteiger partial charge on any atom is 0.417 e. The van der Waals surface area contributed by atoms with E-state index < -0.39 is 17.0 Å². The number of thioether (sulfide) groups is 1. The maximum absolute atomic E-state index is 13.0. The largest absolute Gasteiger partial charge is 0.497 e. The average Bonchev–Trinajstić information content (AvgIpc) is 3.09. The van der Waals surface area contributed by atoms with Crippen molar-refractivity contribution in [1.82, 2.24) is 19.9 Å². The van der Waals surface area contributed by atoms with Crippen molar-refractivity contribution in [1.29, 1.82) is 0 Å². The molecule has 1 N–H and O–H groups in total. The number of hydrogen-bond donors (Lipinski definition) is 1. The third kappa shape index (κ3) is 4.94. The summed E-state index contributed by atoms with van der Waals surface area (Å²) in [5, 5.41) is 9.81. The van der Waals surface area contributed by atoms with E-state index in [9.17, 15) is 18.0 Å². The Balaban J connectivity index is 1.70. The predicted octanol–water partition coefficient (Wildman–Crippen LogP) is 4.21. The van der Waals surface area contributed by atoms with Crippen molar-refractivity contribution >= 4 is 34.9 Å². The van der Waals surface area contributed by atoms with Crippen molar-refractivity contribution in [2.75, 3.05) is 7.11 Å². The number of benzene rings is 1. The van der Waals surface area contributed by atoms with Crippen LogP contribution in [0.1, 0.15) is 18.1 Å². The number of alkyl halides is 3. The third-order valence-corrected chi connectivity index (χ3v) is 5.37. The first kappa shape index (κ1) is 21.3. The Labute approximate surface area is 173 Å². The lowest BCUT2D eigenvalue weighted by Crippen LogP contribution is -2.30. The van der Waals surface area contributed by atoms with Gasteiger partial charge in [-0.1, -0.05) is 35.5 Å². The van der Waals surface area contributed by atoms with Crippen LogP contribution in [0.3, 0.4) is 0 Å². The summed E-state index contributed by atoms with van der Waals surface area (Å²) in [6, 6.07) is 8.01. The molecule has 1 aromatic carbocycles. The SMILES string of the molecule is COc1ccc(CNC(=O)[C@H](C)Sc2nnc3c(Cl)cc(C(F)(F)F)cn23)cc1. The molecule has 0 saturated carbocycles. The van der Waals surface area contributed by atoms with Crippen LogP contribution in [0.5, 0.6) is 5.75 Å². The molecular weight excluding hydrogens is 429 g/mol. The summed E-state index contributed by atoms with van der Waals surface area (Å²) in [4.78, 5) is 12.4. The number of amides is 1. The monoisotopic (exact) mass is 444 g/mol. The summed E-state index contributed by atoms with van der Waals surface area (Å²) in [5.41, 5.74) is 0.0483. The number of halogens is 4. The van der Waals surface area contributed by atoms with Gasteiger partial charge in [0, 0.05) is 12.7 Å². The van der Waals surface area contributed by atoms with Gasteiger partial charge in [-0.2, -0.15) is 13.2 Å². The van der Waals surface area contributed by atoms with Gasteiger partial charge >= 0.3 is 6.18 Å². The van der Waals surface area contributed by atoms with Crippen molar-refractivity contribution in [3.63, 3.8) is 0 Å². The molecular formula is C18H16ClF3N4O2S. The van der Waals surface area contributed by atoms with Crippen molar-refractivity contribution in [2.24, 2.45) is 0 Å². The number of nitrogens with one attached hydrogen (secondary N) is 1. The van der Waals surface area contributed by atoms with Crippen LogP contribution in [-0.2, 0) is 17.5 Å². The molecule has 0 fully saturated rings. The Kier molecular flexibility index (Phi) is 6.23. The molecule has 0 unspecified atom stereocenters. The quantitative estimate of drug-likeness (QED) is 0.577. The van der Waals surface area contributed by atoms with E-state index in [-0.39, 0.29) is 21.7 Å². The normalized spacial score (nSPS) is 12.8. The fourth-order valence-electron chi connectivity index (χ4n) is 2.46. The maximum atomic E-state index is 13.0. The lowest BCUT2D eigenvalue weighted by Gasteiger charge is -2.12. The second-order valence-corrected chi connectivity index (χ2v) is 7.79. The fraction of sp³-hybridized carbons (Fsp3) is 0.278. The number of hydrogen-bond acceptors (Lipinski definition) is 5. The number of carbonyl (C=O) groups excluding carboxylic acids is 1. The van der Waals surface area contributed by atoms with Crippen LogP contribution in [0.25, 0.3) is 5.65 Å². The van der Waals surface area contributed by atoms with Crippen molar-refractivity contribution in [3.05, 3.63) is 52.7 Å². The fourth-order valence-corrected chi connectivity index (χ4v) is 3.55. The number of carbonyl (C=O) groups is 1. The van der Waals surface area contributed by atoms with Gasteiger partial charge in [-0.15, -0.1) is 10.2 Å². The molecule has 0 radical (unpaired) electrons. The standard InChI is InChI=1S/C18H16ClF3N4O2S/c1-10(16(27)23-8-11-3-5-13(28-2)6-4-11)29-17-25-24-15-14(19)7-12(9-26(15)17)18(20,21)22/h3-7,9-10H,8H2,1-2H3,(H,23,27)/t10-/m0/s1. The molecule has 3 aromatic rings. The molecule has 11 heteroatoms. The van der Waals surface area contributed by atoms with E-state index >= 15 is 0 Å². The molecule has 0 spiro atoms. The highest BCUT2D eigenvalue weighted by atomic mass is 35.5. The second kappa shape index (κ2) is 8.50. The lowest BCUT2D eigenvalue weighted by atomic mass is 10.2. The van der Waals surface area contributed by atoms with Crippen LogP contribution in [0.4, 0.5) is 13.2 Å². The molecule has 0 aliphatic heterocycles. The molecule has 29 heavy (non-hydrogen) atoms. The van der Waals surface area contributed by atoms with E-state index in [0.717, 1.165) is 34.0 Å². The summed E-state index contributed by atoms with van der Waals surface area (Å²) >= 11 is 6.89. The zero-order chi connectivity index (χ0) is 21.2. The molecule has 154 valence electrons. The first-order valence-electron chi connectivity index (χ1n) is 8.38. The Morgan fingerprint density at radius 3 is 2.62 bits per heavy atom. The van der Waals surface area contributed by atoms with Crippen molar-refractivity contribution in [2.45, 2.75) is 30.1 Å². The Bertz CT molecular complexity index is 1020. The minimum absolute atomic E-state index is 0.0907. The van der Waals surface area contributed by atoms with Gasteiger partial charge in [-0.05, 0) is 30.7 Å². The number of methoxy groups -OCH3 is 1. The van der Waals surface area contributed by atoms with Crippen LogP contribution in [0, 0.1) is 0 Å². The first-order valence-corrected chi connectivity index (χ1v) is 9.63. The smallest absolute Gasteiger partial charge is 0.417 e. The zero-order valence-electron chi connectivity index (χ0n) is 15.3. The summed E-state index contributed by atoms with van der Waals surface area (Å²) in [7, 11) is 1.56. The first-order chi connectivity index (χ1) is 13.7. The van der Waals surface area contributed by atoms with Gasteiger partial charge in [0.05, 0.1) is 22.9 Å². The van der Waals surface area contributed by atoms with Gasteiger partial charge in [-0.3, -0.25) is 9.20 Å². The molecule has 0 aliphatic rings. The topological polar surface area (TPSA) is 68.5 Å². The van der Waals surface area contributed by atoms with E-state index in [0.29, 0.717) is 12.3 Å². The molecule has 3 rings (SSSR count). The molecule has 0 bridgehead atoms. The second-order valence-electron chi connectivity index (χ2n) is 6.08. The number of pyridine rings is 1. The highest BCUT2D eigenvalue weighted by molar-refractivity contribution is 8.00. The van der Waals surface area contributed by atoms with Crippen molar-refractivity contribution in [3.8, 4) is 5.75 Å². The molecule has 0 saturated heterocycles. The number of fused-ring (bicyclic) bond motifs is 1. The minimum Gasteiger partial charge on any atom is -0.497 e. The zero-order valence-corrected chi connectivity index (χ0v) is 16.9. The Morgan fingerprint density at radius 1 is 1.31 bits per heavy atom. The van der Waals surface area contributed by atoms with E-state index in [1.807, 2.05) is 12.1 Å². The minimum atomic E-state index is -4.56. The summed E-state index contributed by atoms with van der Waals surface area (Å²) < 4.78 is 45.3. The lowest BCUT2D eigenvalue weighted by molar-refractivity contribution is -0.137.